The van der Waals surface area contributed by atoms with Crippen LogP contribution in [-0.4, -0.2) is 229 Å². The van der Waals surface area contributed by atoms with Gasteiger partial charge in [-0.3, -0.25) is 19.2 Å². The molecule has 3 N–H and O–H groups in total. The largest absolute Gasteiger partial charge is 0.467 e. The molecule has 7 fully saturated rings. The molecule has 0 saturated carbocycles. The second kappa shape index (κ2) is 40.4. The van der Waals surface area contributed by atoms with Crippen LogP contribution in [0.15, 0.2) is 115 Å². The number of nitrogens with zero attached hydrogens (tertiary/aromatic N) is 24. The zero-order valence-electron chi connectivity index (χ0n) is 74.6. The average molecular weight is 1740 g/mol. The topological polar surface area (TPSA) is 332 Å². The molecule has 21 rings (SSSR count). The second-order valence-corrected chi connectivity index (χ2v) is 37.0. The Morgan fingerprint density at radius 3 is 1.13 bits per heavy atom. The van der Waals surface area contributed by atoms with Crippen LogP contribution in [0.3, 0.4) is 0 Å². The Kier molecular flexibility index (Phi) is 27.6. The molecule has 11 aliphatic heterocycles. The molecule has 13 aliphatic rings. The maximum atomic E-state index is 12.4. The third-order valence-electron chi connectivity index (χ3n) is 27.7. The van der Waals surface area contributed by atoms with Gasteiger partial charge in [0.25, 0.3) is 22.2 Å². The Morgan fingerprint density at radius 1 is 0.370 bits per heavy atom. The van der Waals surface area contributed by atoms with Gasteiger partial charge in [-0.05, 0) is 169 Å². The summed E-state index contributed by atoms with van der Waals surface area (Å²) in [7, 11) is 1.59. The average Bonchev–Trinajstić information content (AvgIpc) is 0.771. The van der Waals surface area contributed by atoms with Crippen LogP contribution in [0.2, 0.25) is 0 Å². The lowest BCUT2D eigenvalue weighted by atomic mass is 9.83. The smallest absolute Gasteiger partial charge is 0.322 e. The maximum Gasteiger partial charge on any atom is 0.322 e. The zero-order chi connectivity index (χ0) is 86.7. The number of piperidine rings is 5. The number of hydrogen-bond acceptors (Lipinski definition) is 30. The van der Waals surface area contributed by atoms with Crippen molar-refractivity contribution in [2.75, 3.05) is 206 Å². The summed E-state index contributed by atoms with van der Waals surface area (Å²) in [6.07, 6.45) is 25.9. The van der Waals surface area contributed by atoms with Gasteiger partial charge in [-0.1, -0.05) is 68.3 Å². The first kappa shape index (κ1) is 86.6. The van der Waals surface area contributed by atoms with Crippen molar-refractivity contribution in [3.63, 3.8) is 0 Å². The number of nitrogens with one attached hydrogen (secondary N) is 3. The van der Waals surface area contributed by atoms with E-state index < -0.39 is 0 Å². The number of rotatable bonds is 20. The minimum absolute atomic E-state index is 0.0686. The first-order valence-corrected chi connectivity index (χ1v) is 47.3. The molecule has 19 heterocycles. The number of allylic oxidation sites excluding steroid dienone is 2. The molecular weight excluding hydrogens is 1610 g/mol. The van der Waals surface area contributed by atoms with Gasteiger partial charge in [-0.2, -0.15) is 59.8 Å². The number of fused-ring (bicyclic) bond motifs is 13. The van der Waals surface area contributed by atoms with Crippen molar-refractivity contribution >= 4 is 65.4 Å². The van der Waals surface area contributed by atoms with Crippen LogP contribution >= 0.6 is 0 Å². The monoisotopic (exact) mass is 1730 g/mol. The highest BCUT2D eigenvalue weighted by molar-refractivity contribution is 5.51. The quantitative estimate of drug-likeness (QED) is 0.0597. The zero-order valence-corrected chi connectivity index (χ0v) is 74.6. The molecule has 0 amide bonds. The van der Waals surface area contributed by atoms with Crippen LogP contribution in [0, 0.1) is 29.6 Å². The van der Waals surface area contributed by atoms with E-state index in [2.05, 4.69) is 121 Å². The highest BCUT2D eigenvalue weighted by Crippen LogP contribution is 2.41. The van der Waals surface area contributed by atoms with Crippen molar-refractivity contribution in [1.82, 2.24) is 78.1 Å². The minimum atomic E-state index is 0.0686. The Hall–Kier alpha value is -11.2. The molecule has 6 bridgehead atoms. The number of pyridine rings is 4. The van der Waals surface area contributed by atoms with Crippen LogP contribution in [-0.2, 0) is 42.2 Å². The summed E-state index contributed by atoms with van der Waals surface area (Å²) in [5, 5.41) is 10.2. The van der Waals surface area contributed by atoms with Crippen molar-refractivity contribution in [3.8, 4) is 6.01 Å². The molecular formula is C93H127N27O7. The van der Waals surface area contributed by atoms with Crippen LogP contribution in [0.4, 0.5) is 65.4 Å². The first-order chi connectivity index (χ1) is 62.2. The van der Waals surface area contributed by atoms with Gasteiger partial charge in [0.1, 0.15) is 0 Å². The van der Waals surface area contributed by atoms with Crippen LogP contribution < -0.4 is 82.1 Å². The Balaban J connectivity index is 0.000000115. The summed E-state index contributed by atoms with van der Waals surface area (Å²) in [6.45, 7) is 28.5. The van der Waals surface area contributed by atoms with Gasteiger partial charge >= 0.3 is 6.01 Å². The van der Waals surface area contributed by atoms with E-state index in [0.29, 0.717) is 111 Å². The molecule has 6 atom stereocenters. The van der Waals surface area contributed by atoms with Gasteiger partial charge in [0.2, 0.25) is 65.4 Å². The first-order valence-electron chi connectivity index (χ1n) is 47.3. The molecule has 8 aromatic rings. The van der Waals surface area contributed by atoms with Crippen molar-refractivity contribution in [2.45, 2.75) is 187 Å². The van der Waals surface area contributed by atoms with Gasteiger partial charge < -0.3 is 87.6 Å². The summed E-state index contributed by atoms with van der Waals surface area (Å²) >= 11 is 0. The normalized spacial score (nSPS) is 22.7. The van der Waals surface area contributed by atoms with E-state index >= 15 is 0 Å². The maximum absolute atomic E-state index is 12.4. The molecule has 34 heteroatoms. The Morgan fingerprint density at radius 2 is 0.732 bits per heavy atom. The lowest BCUT2D eigenvalue weighted by Crippen LogP contribution is -2.48. The minimum Gasteiger partial charge on any atom is -0.467 e. The molecule has 0 radical (unpaired) electrons. The van der Waals surface area contributed by atoms with E-state index in [1.54, 1.807) is 36.9 Å². The van der Waals surface area contributed by atoms with Gasteiger partial charge in [-0.15, -0.1) is 0 Å². The van der Waals surface area contributed by atoms with Gasteiger partial charge in [-0.25, -0.2) is 0 Å². The third-order valence-corrected chi connectivity index (χ3v) is 27.7. The molecule has 8 aromatic heterocycles. The van der Waals surface area contributed by atoms with E-state index in [9.17, 15) is 19.2 Å². The van der Waals surface area contributed by atoms with Crippen molar-refractivity contribution in [3.05, 3.63) is 160 Å². The summed E-state index contributed by atoms with van der Waals surface area (Å²) < 4.78 is 24.1. The number of hydrogen-bond donors (Lipinski definition) is 3. The van der Waals surface area contributed by atoms with E-state index in [1.165, 1.54) is 82.6 Å². The molecule has 127 heavy (non-hydrogen) atoms. The molecule has 0 spiro atoms. The molecule has 6 unspecified atom stereocenters. The van der Waals surface area contributed by atoms with E-state index in [1.807, 2.05) is 48.6 Å². The number of ether oxygens (including phenoxy) is 3. The second-order valence-electron chi connectivity index (χ2n) is 37.0. The Bertz CT molecular complexity index is 5380. The number of anilines is 11. The highest BCUT2D eigenvalue weighted by Gasteiger charge is 2.40. The molecule has 0 aromatic carbocycles. The molecule has 7 saturated heterocycles. The fraction of sp³-hybridized carbons (Fsp3) is 0.613. The predicted molar refractivity (Wildman–Crippen MR) is 494 cm³/mol. The van der Waals surface area contributed by atoms with Crippen molar-refractivity contribution in [2.24, 2.45) is 29.6 Å². The van der Waals surface area contributed by atoms with E-state index in [4.69, 9.17) is 59.1 Å². The van der Waals surface area contributed by atoms with E-state index in [0.717, 1.165) is 246 Å². The SMILES string of the molecule is CC1CCN(c2nc(N3CCC(C)CC3)nc(N3CCn4c(cccc4=O)C3)n2)CC1.CCCNc1nc(N2CCOCC2)nc(N2CC3CC(C2)c2cccc(=O)n2C3)n1.COc1nc(NCCC2=CCCCC2)nc(N2CC3CC(C2)c2cccc(=O)n2C3)n1.O=c1cccc2n1CC1CC2CN(c2nc(NCCC3=CCCCC3)nc(N3CCOCC3)n2)C1. The fourth-order valence-electron chi connectivity index (χ4n) is 20.8. The van der Waals surface area contributed by atoms with Crippen LogP contribution in [0.25, 0.3) is 0 Å². The molecule has 2 aliphatic carbocycles. The summed E-state index contributed by atoms with van der Waals surface area (Å²) in [4.78, 5) is 125. The Labute approximate surface area is 743 Å². The van der Waals surface area contributed by atoms with Crippen molar-refractivity contribution < 1.29 is 14.2 Å². The van der Waals surface area contributed by atoms with Crippen LogP contribution in [0.1, 0.15) is 177 Å². The number of morpholine rings is 2. The standard InChI is InChI=1S/C26H35N7O2.C23H33N7O.C23H30N6O2.C21H29N7O2/c34-23-8-4-7-22-21-15-20(17-33(22)23)16-32(18-21)26-29-24(27-10-9-19-5-2-1-3-6-19)28-25(30-26)31-11-13-35-14-12-31;1-17-6-10-27(11-7-17)21-24-22(28-12-8-18(2)9-13-28)26-23(25-21)29-14-15-30-19(16-29)4-3-5-20(30)31;1-31-23-26-21(24-11-10-16-6-3-2-4-7-16)25-22(27-23)28-13-17-12-18(15-28)19-8-5-9-20(30)29(19)14-17;1-2-6-22-19-23-20(26-7-9-30-10-8-26)25-21(24-19)27-12-15-11-16(14-27)17-4-3-5-18(29)28(17)13-15/h4-5,7-8,20-21H,1-3,6,9-18H2,(H,27,28,29,30);3-5,17-18H,6-16H2,1-2H3;5-6,8-9,17-18H,2-4,7,10-15H2,1H3,(H,24,25,26,27);3-5,15-16H,2,6-14H2,1H3,(H,22,23,24,25). The fourth-order valence-corrected chi connectivity index (χ4v) is 20.8. The van der Waals surface area contributed by atoms with E-state index in [-0.39, 0.29) is 22.2 Å². The molecule has 676 valence electrons. The van der Waals surface area contributed by atoms with Gasteiger partial charge in [0, 0.05) is 209 Å². The predicted octanol–water partition coefficient (Wildman–Crippen LogP) is 9.61. The van der Waals surface area contributed by atoms with Crippen molar-refractivity contribution in [1.29, 1.82) is 0 Å². The molecule has 34 nitrogen and oxygen atoms in total. The highest BCUT2D eigenvalue weighted by atomic mass is 16.5. The lowest BCUT2D eigenvalue weighted by molar-refractivity contribution is 0.122. The summed E-state index contributed by atoms with van der Waals surface area (Å²) in [5.41, 5.74) is 7.86. The summed E-state index contributed by atoms with van der Waals surface area (Å²) in [5.74, 6) is 11.5. The summed E-state index contributed by atoms with van der Waals surface area (Å²) in [6, 6.07) is 22.7. The van der Waals surface area contributed by atoms with Gasteiger partial charge in [0.05, 0.1) is 40.1 Å². The van der Waals surface area contributed by atoms with Gasteiger partial charge in [0.15, 0.2) is 0 Å². The number of methoxy groups -OCH3 is 1. The van der Waals surface area contributed by atoms with Crippen LogP contribution in [0.5, 0.6) is 6.01 Å². The lowest BCUT2D eigenvalue weighted by Gasteiger charge is -2.42. The number of aromatic nitrogens is 16. The third kappa shape index (κ3) is 21.0.